The molecule has 4 nitrogen and oxygen atoms in total. The molecule has 4 aliphatic rings. The van der Waals surface area contributed by atoms with Crippen LogP contribution < -0.4 is 31.1 Å². The Morgan fingerprint density at radius 3 is 1.49 bits per heavy atom. The Kier molecular flexibility index (Phi) is 11.9. The molecule has 13 rings (SSSR count). The minimum absolute atomic E-state index is 0.00628. The Balaban J connectivity index is 1.13. The zero-order chi connectivity index (χ0) is 58.2. The van der Waals surface area contributed by atoms with Crippen LogP contribution in [-0.4, -0.2) is 6.71 Å². The second kappa shape index (κ2) is 18.0. The van der Waals surface area contributed by atoms with Crippen LogP contribution in [0.2, 0.25) is 0 Å². The van der Waals surface area contributed by atoms with Gasteiger partial charge < -0.3 is 19.1 Å². The van der Waals surface area contributed by atoms with Gasteiger partial charge in [-0.15, -0.1) is 0 Å². The van der Waals surface area contributed by atoms with Gasteiger partial charge in [-0.05, 0) is 216 Å². The van der Waals surface area contributed by atoms with Crippen molar-refractivity contribution < 1.29 is 4.42 Å². The first kappa shape index (κ1) is 54.3. The molecule has 0 amide bonds. The minimum Gasteiger partial charge on any atom is -0.456 e. The summed E-state index contributed by atoms with van der Waals surface area (Å²) in [7, 11) is 0. The van der Waals surface area contributed by atoms with E-state index in [-0.39, 0.29) is 44.6 Å². The fraction of sp³-hybridized carbons (Fsp3) is 0.377. The largest absolute Gasteiger partial charge is 0.456 e. The number of anilines is 9. The van der Waals surface area contributed by atoms with Crippen molar-refractivity contribution >= 4 is 96.2 Å². The van der Waals surface area contributed by atoms with Crippen LogP contribution in [0.4, 0.5) is 51.2 Å². The molecule has 0 spiro atoms. The molecule has 0 bridgehead atoms. The molecular formula is C77H86BN3O. The quantitative estimate of drug-likeness (QED) is 0.160. The summed E-state index contributed by atoms with van der Waals surface area (Å²) in [5.74, 6) is 0. The molecule has 0 radical (unpaired) electrons. The van der Waals surface area contributed by atoms with Crippen LogP contribution in [-0.2, 0) is 37.9 Å². The first-order valence-corrected chi connectivity index (χ1v) is 30.6. The van der Waals surface area contributed by atoms with Gasteiger partial charge in [0.2, 0.25) is 0 Å². The fourth-order valence-electron chi connectivity index (χ4n) is 14.7. The molecule has 2 aliphatic carbocycles. The van der Waals surface area contributed by atoms with Gasteiger partial charge in [0.1, 0.15) is 11.2 Å². The maximum atomic E-state index is 6.99. The molecule has 0 unspecified atom stereocenters. The Morgan fingerprint density at radius 1 is 0.415 bits per heavy atom. The zero-order valence-electron chi connectivity index (χ0n) is 52.5. The van der Waals surface area contributed by atoms with E-state index in [2.05, 4.69) is 285 Å². The average Bonchev–Trinajstić information content (AvgIpc) is 1.12. The first-order chi connectivity index (χ1) is 38.4. The molecular weight excluding hydrogens is 994 g/mol. The molecule has 1 aromatic heterocycles. The molecule has 0 N–H and O–H groups in total. The average molecular weight is 1080 g/mol. The molecule has 2 aliphatic heterocycles. The summed E-state index contributed by atoms with van der Waals surface area (Å²) >= 11 is 0. The monoisotopic (exact) mass is 1080 g/mol. The van der Waals surface area contributed by atoms with Gasteiger partial charge in [0.15, 0.2) is 0 Å². The van der Waals surface area contributed by atoms with Crippen molar-refractivity contribution in [2.75, 3.05) is 14.7 Å². The van der Waals surface area contributed by atoms with Crippen molar-refractivity contribution in [3.05, 3.63) is 190 Å². The lowest BCUT2D eigenvalue weighted by Gasteiger charge is -2.48. The van der Waals surface area contributed by atoms with Gasteiger partial charge in [-0.1, -0.05) is 178 Å². The molecule has 8 aromatic carbocycles. The number of rotatable bonds is 5. The summed E-state index contributed by atoms with van der Waals surface area (Å²) in [6.45, 7) is 42.7. The summed E-state index contributed by atoms with van der Waals surface area (Å²) in [6.07, 6.45) is 4.64. The van der Waals surface area contributed by atoms with Crippen LogP contribution in [0, 0.1) is 6.92 Å². The van der Waals surface area contributed by atoms with Gasteiger partial charge >= 0.3 is 0 Å². The van der Waals surface area contributed by atoms with E-state index in [1.54, 1.807) is 0 Å². The van der Waals surface area contributed by atoms with Crippen LogP contribution in [0.15, 0.2) is 150 Å². The molecule has 5 heteroatoms. The SMILES string of the molecule is Cc1cc2c3c(c1)N(c1cccc4oc5cc(C(C)(C)C)ccc5c14)c1cc(N(c4ccc(C(C)(C)C)cc4)c4ccc(C(C)(C)C)cc4)ccc1B3c1cc3c(cc1N2c1ccc2c(c1)C(C)(C)CCC2(C)C)C(C)(C)CCC3(C)C. The topological polar surface area (TPSA) is 22.9 Å². The third-order valence-electron chi connectivity index (χ3n) is 20.1. The van der Waals surface area contributed by atoms with Crippen molar-refractivity contribution in [3.63, 3.8) is 0 Å². The summed E-state index contributed by atoms with van der Waals surface area (Å²) in [6, 6.07) is 57.5. The number of benzene rings is 8. The van der Waals surface area contributed by atoms with Gasteiger partial charge in [0.25, 0.3) is 6.71 Å². The Labute approximate surface area is 491 Å². The molecule has 82 heavy (non-hydrogen) atoms. The van der Waals surface area contributed by atoms with Gasteiger partial charge in [-0.25, -0.2) is 0 Å². The number of nitrogens with zero attached hydrogens (tertiary/aromatic N) is 3. The maximum Gasteiger partial charge on any atom is 0.252 e. The lowest BCUT2D eigenvalue weighted by atomic mass is 9.33. The highest BCUT2D eigenvalue weighted by Gasteiger charge is 2.48. The van der Waals surface area contributed by atoms with E-state index in [1.165, 1.54) is 95.8 Å². The summed E-state index contributed by atoms with van der Waals surface area (Å²) in [4.78, 5) is 7.80. The minimum atomic E-state index is -0.0588. The van der Waals surface area contributed by atoms with Crippen molar-refractivity contribution in [2.45, 2.75) is 188 Å². The molecule has 0 saturated heterocycles. The van der Waals surface area contributed by atoms with Gasteiger partial charge in [-0.3, -0.25) is 0 Å². The normalized spacial score (nSPS) is 17.5. The van der Waals surface area contributed by atoms with E-state index in [1.807, 2.05) is 0 Å². The van der Waals surface area contributed by atoms with Crippen LogP contribution in [0.25, 0.3) is 21.9 Å². The lowest BCUT2D eigenvalue weighted by Crippen LogP contribution is -2.62. The molecule has 0 saturated carbocycles. The van der Waals surface area contributed by atoms with E-state index in [9.17, 15) is 0 Å². The zero-order valence-corrected chi connectivity index (χ0v) is 52.5. The van der Waals surface area contributed by atoms with Gasteiger partial charge in [0, 0.05) is 50.9 Å². The van der Waals surface area contributed by atoms with Crippen LogP contribution in [0.5, 0.6) is 0 Å². The predicted molar refractivity (Wildman–Crippen MR) is 354 cm³/mol. The van der Waals surface area contributed by atoms with Crippen molar-refractivity contribution in [1.29, 1.82) is 0 Å². The lowest BCUT2D eigenvalue weighted by molar-refractivity contribution is 0.332. The third kappa shape index (κ3) is 8.59. The van der Waals surface area contributed by atoms with Gasteiger partial charge in [0.05, 0.1) is 11.1 Å². The number of furan rings is 1. The summed E-state index contributed by atoms with van der Waals surface area (Å²) in [5, 5.41) is 2.25. The molecule has 0 fully saturated rings. The molecule has 9 aromatic rings. The standard InChI is InChI=1S/C77H86BN3O/c1-47-40-65-70-66(41-47)81(62-20-19-21-67-69(62)55-33-26-50(73(8,9)10)42-68(55)82-67)63-44-54(79(51-27-22-48(23-28-51)71(2,3)4)52-29-24-49(25-30-52)72(5,6)7)32-35-60(63)78(70)61-45-58-59(77(17,18)39-38-76(58,15)16)46-64(61)80(65)53-31-34-56-57(43-53)75(13,14)37-36-74(56,11)12/h19-35,40-46H,36-39H2,1-18H3. The predicted octanol–water partition coefficient (Wildman–Crippen LogP) is 20.0. The third-order valence-corrected chi connectivity index (χ3v) is 20.1. The van der Waals surface area contributed by atoms with E-state index >= 15 is 0 Å². The number of fused-ring (bicyclic) bond motifs is 9. The maximum absolute atomic E-state index is 6.99. The Hall–Kier alpha value is -6.98. The second-order valence-electron chi connectivity index (χ2n) is 30.9. The van der Waals surface area contributed by atoms with E-state index < -0.39 is 0 Å². The van der Waals surface area contributed by atoms with Crippen molar-refractivity contribution in [2.24, 2.45) is 0 Å². The number of aryl methyl sites for hydroxylation is 1. The smallest absolute Gasteiger partial charge is 0.252 e. The highest BCUT2D eigenvalue weighted by molar-refractivity contribution is 7.00. The van der Waals surface area contributed by atoms with Crippen molar-refractivity contribution in [1.82, 2.24) is 0 Å². The highest BCUT2D eigenvalue weighted by Crippen LogP contribution is 2.54. The number of hydrogen-bond donors (Lipinski definition) is 0. The van der Waals surface area contributed by atoms with E-state index in [0.717, 1.165) is 64.0 Å². The van der Waals surface area contributed by atoms with Crippen LogP contribution in [0.3, 0.4) is 0 Å². The second-order valence-corrected chi connectivity index (χ2v) is 30.9. The summed E-state index contributed by atoms with van der Waals surface area (Å²) < 4.78 is 6.99. The number of hydrogen-bond acceptors (Lipinski definition) is 4. The molecule has 0 atom stereocenters. The van der Waals surface area contributed by atoms with Crippen molar-refractivity contribution in [3.8, 4) is 0 Å². The summed E-state index contributed by atoms with van der Waals surface area (Å²) in [5.41, 5.74) is 27.7. The van der Waals surface area contributed by atoms with E-state index in [4.69, 9.17) is 4.42 Å². The molecule has 418 valence electrons. The highest BCUT2D eigenvalue weighted by atomic mass is 16.3. The molecule has 3 heterocycles. The Morgan fingerprint density at radius 2 is 0.915 bits per heavy atom. The van der Waals surface area contributed by atoms with E-state index in [0.29, 0.717) is 0 Å². The first-order valence-electron chi connectivity index (χ1n) is 30.6. The van der Waals surface area contributed by atoms with Crippen LogP contribution >= 0.6 is 0 Å². The van der Waals surface area contributed by atoms with Gasteiger partial charge in [-0.2, -0.15) is 0 Å². The fourth-order valence-corrected chi connectivity index (χ4v) is 14.7. The Bertz CT molecular complexity index is 4010. The van der Waals surface area contributed by atoms with Crippen LogP contribution in [0.1, 0.15) is 188 Å².